The van der Waals surface area contributed by atoms with E-state index < -0.39 is 5.97 Å². The Labute approximate surface area is 119 Å². The number of carbonyl (C=O) groups excluding carboxylic acids is 1. The van der Waals surface area contributed by atoms with E-state index in [9.17, 15) is 9.59 Å². The van der Waals surface area contributed by atoms with Gasteiger partial charge >= 0.3 is 12.0 Å². The molecule has 2 amide bonds. The number of methoxy groups -OCH3 is 1. The van der Waals surface area contributed by atoms with Crippen molar-refractivity contribution in [3.05, 3.63) is 0 Å². The van der Waals surface area contributed by atoms with Crippen molar-refractivity contribution >= 4 is 12.0 Å². The third kappa shape index (κ3) is 6.21. The van der Waals surface area contributed by atoms with Crippen LogP contribution >= 0.6 is 0 Å². The molecule has 1 fully saturated rings. The standard InChI is InChI=1S/C13H24N2O5/c1-19-8-9-20-7-6-14-13(18)15(10-12(16)17)11-4-2-3-5-11/h11H,2-10H2,1H3,(H,14,18)(H,16,17). The number of rotatable bonds is 9. The van der Waals surface area contributed by atoms with Crippen LogP contribution in [0.5, 0.6) is 0 Å². The van der Waals surface area contributed by atoms with Gasteiger partial charge in [-0.25, -0.2) is 4.79 Å². The van der Waals surface area contributed by atoms with Crippen molar-refractivity contribution in [1.29, 1.82) is 0 Å². The molecule has 0 unspecified atom stereocenters. The Morgan fingerprint density at radius 3 is 2.55 bits per heavy atom. The lowest BCUT2D eigenvalue weighted by Crippen LogP contribution is -2.48. The van der Waals surface area contributed by atoms with Gasteiger partial charge in [-0.05, 0) is 12.8 Å². The van der Waals surface area contributed by atoms with Crippen molar-refractivity contribution in [2.24, 2.45) is 0 Å². The fourth-order valence-corrected chi connectivity index (χ4v) is 2.30. The summed E-state index contributed by atoms with van der Waals surface area (Å²) >= 11 is 0. The monoisotopic (exact) mass is 288 g/mol. The number of carboxylic acid groups (broad SMARTS) is 1. The molecule has 20 heavy (non-hydrogen) atoms. The quantitative estimate of drug-likeness (QED) is 0.609. The highest BCUT2D eigenvalue weighted by Crippen LogP contribution is 2.23. The number of nitrogens with one attached hydrogen (secondary N) is 1. The molecule has 0 atom stereocenters. The topological polar surface area (TPSA) is 88.1 Å². The minimum atomic E-state index is -0.983. The molecule has 1 rings (SSSR count). The van der Waals surface area contributed by atoms with E-state index in [2.05, 4.69) is 5.32 Å². The summed E-state index contributed by atoms with van der Waals surface area (Å²) < 4.78 is 10.1. The van der Waals surface area contributed by atoms with Gasteiger partial charge in [0.15, 0.2) is 0 Å². The number of nitrogens with zero attached hydrogens (tertiary/aromatic N) is 1. The van der Waals surface area contributed by atoms with Crippen molar-refractivity contribution in [2.45, 2.75) is 31.7 Å². The predicted molar refractivity (Wildman–Crippen MR) is 72.7 cm³/mol. The van der Waals surface area contributed by atoms with Gasteiger partial charge in [-0.15, -0.1) is 0 Å². The number of amides is 2. The van der Waals surface area contributed by atoms with Crippen molar-refractivity contribution in [2.75, 3.05) is 40.0 Å². The number of carboxylic acids is 1. The van der Waals surface area contributed by atoms with E-state index >= 15 is 0 Å². The normalized spacial score (nSPS) is 15.2. The lowest BCUT2D eigenvalue weighted by Gasteiger charge is -2.27. The van der Waals surface area contributed by atoms with Crippen molar-refractivity contribution in [3.8, 4) is 0 Å². The van der Waals surface area contributed by atoms with Crippen molar-refractivity contribution in [1.82, 2.24) is 10.2 Å². The van der Waals surface area contributed by atoms with Gasteiger partial charge in [-0.3, -0.25) is 4.79 Å². The highest BCUT2D eigenvalue weighted by Gasteiger charge is 2.27. The van der Waals surface area contributed by atoms with Crippen LogP contribution in [0.15, 0.2) is 0 Å². The summed E-state index contributed by atoms with van der Waals surface area (Å²) in [7, 11) is 1.59. The summed E-state index contributed by atoms with van der Waals surface area (Å²) in [6.45, 7) is 1.50. The summed E-state index contributed by atoms with van der Waals surface area (Å²) in [5.74, 6) is -0.983. The Balaban J connectivity index is 2.29. The number of carbonyl (C=O) groups is 2. The van der Waals surface area contributed by atoms with E-state index in [0.717, 1.165) is 25.7 Å². The highest BCUT2D eigenvalue weighted by atomic mass is 16.5. The molecule has 2 N–H and O–H groups in total. The van der Waals surface area contributed by atoms with Crippen LogP contribution in [0, 0.1) is 0 Å². The maximum absolute atomic E-state index is 12.0. The Kier molecular flexibility index (Phi) is 7.98. The van der Waals surface area contributed by atoms with Crippen LogP contribution in [0.1, 0.15) is 25.7 Å². The van der Waals surface area contributed by atoms with Gasteiger partial charge in [0.25, 0.3) is 0 Å². The molecule has 0 radical (unpaired) electrons. The second kappa shape index (κ2) is 9.55. The second-order valence-corrected chi connectivity index (χ2v) is 4.80. The molecule has 1 aliphatic rings. The van der Waals surface area contributed by atoms with Gasteiger partial charge in [0, 0.05) is 19.7 Å². The molecule has 0 aromatic rings. The van der Waals surface area contributed by atoms with E-state index in [4.69, 9.17) is 14.6 Å². The molecule has 0 spiro atoms. The van der Waals surface area contributed by atoms with Gasteiger partial charge in [0.1, 0.15) is 6.54 Å². The Morgan fingerprint density at radius 2 is 1.95 bits per heavy atom. The minimum absolute atomic E-state index is 0.0421. The van der Waals surface area contributed by atoms with E-state index in [0.29, 0.717) is 26.4 Å². The fourth-order valence-electron chi connectivity index (χ4n) is 2.30. The number of aliphatic carboxylic acids is 1. The molecule has 7 heteroatoms. The maximum Gasteiger partial charge on any atom is 0.323 e. The van der Waals surface area contributed by atoms with Crippen LogP contribution < -0.4 is 5.32 Å². The van der Waals surface area contributed by atoms with Crippen molar-refractivity contribution < 1.29 is 24.2 Å². The lowest BCUT2D eigenvalue weighted by atomic mass is 10.2. The first kappa shape index (κ1) is 16.7. The zero-order chi connectivity index (χ0) is 14.8. The molecule has 0 aromatic carbocycles. The molecule has 1 aliphatic carbocycles. The van der Waals surface area contributed by atoms with Gasteiger partial charge in [0.05, 0.1) is 19.8 Å². The first-order chi connectivity index (χ1) is 9.65. The minimum Gasteiger partial charge on any atom is -0.480 e. The summed E-state index contributed by atoms with van der Waals surface area (Å²) in [5, 5.41) is 11.6. The molecule has 1 saturated carbocycles. The summed E-state index contributed by atoms with van der Waals surface area (Å²) in [6, 6.07) is -0.282. The Morgan fingerprint density at radius 1 is 1.25 bits per heavy atom. The molecule has 116 valence electrons. The van der Waals surface area contributed by atoms with Gasteiger partial charge in [-0.2, -0.15) is 0 Å². The predicted octanol–water partition coefficient (Wildman–Crippen LogP) is 0.688. The van der Waals surface area contributed by atoms with Crippen LogP contribution in [0.3, 0.4) is 0 Å². The van der Waals surface area contributed by atoms with E-state index in [1.807, 2.05) is 0 Å². The summed E-state index contributed by atoms with van der Waals surface area (Å²) in [5.41, 5.74) is 0. The van der Waals surface area contributed by atoms with Gasteiger partial charge in [0.2, 0.25) is 0 Å². The molecule has 0 bridgehead atoms. The molecule has 0 aromatic heterocycles. The van der Waals surface area contributed by atoms with Crippen LogP contribution in [0.4, 0.5) is 4.79 Å². The van der Waals surface area contributed by atoms with Crippen LogP contribution in [-0.2, 0) is 14.3 Å². The molecule has 0 aliphatic heterocycles. The average molecular weight is 288 g/mol. The van der Waals surface area contributed by atoms with E-state index in [1.54, 1.807) is 7.11 Å². The van der Waals surface area contributed by atoms with Gasteiger partial charge < -0.3 is 24.8 Å². The van der Waals surface area contributed by atoms with Crippen LogP contribution in [0.25, 0.3) is 0 Å². The fraction of sp³-hybridized carbons (Fsp3) is 0.846. The zero-order valence-corrected chi connectivity index (χ0v) is 12.0. The number of urea groups is 1. The van der Waals surface area contributed by atoms with Gasteiger partial charge in [-0.1, -0.05) is 12.8 Å². The number of hydrogen-bond acceptors (Lipinski definition) is 4. The van der Waals surface area contributed by atoms with E-state index in [-0.39, 0.29) is 18.6 Å². The molecule has 0 heterocycles. The zero-order valence-electron chi connectivity index (χ0n) is 12.0. The number of ether oxygens (including phenoxy) is 2. The third-order valence-electron chi connectivity index (χ3n) is 3.29. The summed E-state index contributed by atoms with van der Waals surface area (Å²) in [6.07, 6.45) is 3.86. The SMILES string of the molecule is COCCOCCNC(=O)N(CC(=O)O)C1CCCC1. The van der Waals surface area contributed by atoms with Crippen LogP contribution in [-0.4, -0.2) is 68.1 Å². The molecular formula is C13H24N2O5. The van der Waals surface area contributed by atoms with Crippen molar-refractivity contribution in [3.63, 3.8) is 0 Å². The largest absolute Gasteiger partial charge is 0.480 e. The van der Waals surface area contributed by atoms with Crippen LogP contribution in [0.2, 0.25) is 0 Å². The number of hydrogen-bond donors (Lipinski definition) is 2. The first-order valence-corrected chi connectivity index (χ1v) is 6.98. The highest BCUT2D eigenvalue weighted by molar-refractivity contribution is 5.80. The molecule has 0 saturated heterocycles. The molecule has 7 nitrogen and oxygen atoms in total. The lowest BCUT2D eigenvalue weighted by molar-refractivity contribution is -0.138. The Hall–Kier alpha value is -1.34. The average Bonchev–Trinajstić information content (AvgIpc) is 2.93. The maximum atomic E-state index is 12.0. The third-order valence-corrected chi connectivity index (χ3v) is 3.29. The Bertz CT molecular complexity index is 305. The summed E-state index contributed by atoms with van der Waals surface area (Å²) in [4.78, 5) is 24.3. The van der Waals surface area contributed by atoms with E-state index in [1.165, 1.54) is 4.90 Å². The second-order valence-electron chi connectivity index (χ2n) is 4.80. The first-order valence-electron chi connectivity index (χ1n) is 6.98. The molecular weight excluding hydrogens is 264 g/mol. The smallest absolute Gasteiger partial charge is 0.323 e.